The fourth-order valence-corrected chi connectivity index (χ4v) is 2.07. The molecule has 1 aromatic rings. The lowest BCUT2D eigenvalue weighted by molar-refractivity contribution is -0.385. The van der Waals surface area contributed by atoms with Crippen LogP contribution < -0.4 is 11.1 Å². The van der Waals surface area contributed by atoms with Gasteiger partial charge in [0.25, 0.3) is 5.69 Å². The van der Waals surface area contributed by atoms with Crippen molar-refractivity contribution >= 4 is 24.0 Å². The number of nitrogens with zero attached hydrogens (tertiary/aromatic N) is 1. The number of nitro benzene ring substituents is 1. The van der Waals surface area contributed by atoms with Gasteiger partial charge in [0.05, 0.1) is 11.3 Å². The number of carbonyl (C=O) groups is 1. The predicted octanol–water partition coefficient (Wildman–Crippen LogP) is 2.05. The van der Waals surface area contributed by atoms with Crippen LogP contribution in [0.2, 0.25) is 0 Å². The second-order valence-electron chi connectivity index (χ2n) is 5.19. The maximum atomic E-state index is 11.9. The number of para-hydroxylation sites is 1. The first-order valence-corrected chi connectivity index (χ1v) is 6.65. The Morgan fingerprint density at radius 3 is 2.52 bits per heavy atom. The van der Waals surface area contributed by atoms with E-state index in [2.05, 4.69) is 19.2 Å². The van der Waals surface area contributed by atoms with Crippen LogP contribution in [0.4, 0.5) is 5.69 Å². The Labute approximate surface area is 130 Å². The number of benzene rings is 1. The third-order valence-electron chi connectivity index (χ3n) is 2.94. The van der Waals surface area contributed by atoms with Crippen molar-refractivity contribution < 1.29 is 9.72 Å². The molecular weight excluding hydrogens is 294 g/mol. The van der Waals surface area contributed by atoms with Gasteiger partial charge in [0, 0.05) is 24.2 Å². The van der Waals surface area contributed by atoms with Crippen LogP contribution in [0.5, 0.6) is 0 Å². The minimum absolute atomic E-state index is 0. The Kier molecular flexibility index (Phi) is 8.57. The summed E-state index contributed by atoms with van der Waals surface area (Å²) in [6.45, 7) is 4.47. The molecule has 0 saturated heterocycles. The highest BCUT2D eigenvalue weighted by Gasteiger charge is 2.17. The van der Waals surface area contributed by atoms with Crippen molar-refractivity contribution in [1.82, 2.24) is 5.32 Å². The van der Waals surface area contributed by atoms with Gasteiger partial charge in [-0.05, 0) is 12.3 Å². The number of nitro groups is 1. The molecule has 0 spiro atoms. The third kappa shape index (κ3) is 6.55. The predicted molar refractivity (Wildman–Crippen MR) is 84.5 cm³/mol. The first-order chi connectivity index (χ1) is 9.43. The molecule has 0 bridgehead atoms. The molecule has 0 aliphatic carbocycles. The van der Waals surface area contributed by atoms with E-state index in [4.69, 9.17) is 5.73 Å². The van der Waals surface area contributed by atoms with Gasteiger partial charge in [-0.1, -0.05) is 32.0 Å². The summed E-state index contributed by atoms with van der Waals surface area (Å²) in [6.07, 6.45) is 0.783. The van der Waals surface area contributed by atoms with E-state index in [0.29, 0.717) is 18.0 Å². The zero-order valence-corrected chi connectivity index (χ0v) is 13.1. The molecule has 7 heteroatoms. The van der Waals surface area contributed by atoms with Crippen LogP contribution in [0, 0.1) is 16.0 Å². The maximum Gasteiger partial charge on any atom is 0.273 e. The fraction of sp³-hybridized carbons (Fsp3) is 0.500. The van der Waals surface area contributed by atoms with Crippen molar-refractivity contribution in [3.8, 4) is 0 Å². The summed E-state index contributed by atoms with van der Waals surface area (Å²) in [5.41, 5.74) is 6.00. The highest BCUT2D eigenvalue weighted by Crippen LogP contribution is 2.18. The first-order valence-electron chi connectivity index (χ1n) is 6.65. The molecule has 118 valence electrons. The molecule has 1 unspecified atom stereocenters. The van der Waals surface area contributed by atoms with Crippen LogP contribution in [0.3, 0.4) is 0 Å². The average molecular weight is 316 g/mol. The highest BCUT2D eigenvalue weighted by atomic mass is 35.5. The molecular formula is C14H22ClN3O3. The van der Waals surface area contributed by atoms with E-state index in [9.17, 15) is 14.9 Å². The van der Waals surface area contributed by atoms with Gasteiger partial charge in [-0.3, -0.25) is 14.9 Å². The van der Waals surface area contributed by atoms with Gasteiger partial charge in [0.1, 0.15) is 0 Å². The van der Waals surface area contributed by atoms with Gasteiger partial charge in [-0.15, -0.1) is 12.4 Å². The Morgan fingerprint density at radius 2 is 2.00 bits per heavy atom. The Hall–Kier alpha value is -1.66. The Bertz CT molecular complexity index is 480. The summed E-state index contributed by atoms with van der Waals surface area (Å²) >= 11 is 0. The van der Waals surface area contributed by atoms with Crippen molar-refractivity contribution in [3.05, 3.63) is 39.9 Å². The zero-order valence-electron chi connectivity index (χ0n) is 12.2. The standard InChI is InChI=1S/C14H21N3O3.ClH/c1-10(2)7-12(9-15)16-14(18)8-11-5-3-4-6-13(11)17(19)20;/h3-6,10,12H,7-9,15H2,1-2H3,(H,16,18);1H. The number of nitrogens with two attached hydrogens (primary N) is 1. The molecule has 0 saturated carbocycles. The minimum atomic E-state index is -0.475. The third-order valence-corrected chi connectivity index (χ3v) is 2.94. The lowest BCUT2D eigenvalue weighted by Gasteiger charge is -2.18. The van der Waals surface area contributed by atoms with Gasteiger partial charge in [-0.25, -0.2) is 0 Å². The van der Waals surface area contributed by atoms with E-state index in [1.165, 1.54) is 6.07 Å². The quantitative estimate of drug-likeness (QED) is 0.594. The number of rotatable bonds is 7. The van der Waals surface area contributed by atoms with Gasteiger partial charge in [-0.2, -0.15) is 0 Å². The van der Waals surface area contributed by atoms with Gasteiger partial charge in [0.15, 0.2) is 0 Å². The summed E-state index contributed by atoms with van der Waals surface area (Å²) in [4.78, 5) is 22.4. The van der Waals surface area contributed by atoms with Crippen molar-refractivity contribution in [2.24, 2.45) is 11.7 Å². The smallest absolute Gasteiger partial charge is 0.273 e. The number of halogens is 1. The summed E-state index contributed by atoms with van der Waals surface area (Å²) in [5, 5.41) is 13.7. The summed E-state index contributed by atoms with van der Waals surface area (Å²) in [6, 6.07) is 6.17. The molecule has 0 aliphatic heterocycles. The molecule has 1 aromatic carbocycles. The number of hydrogen-bond donors (Lipinski definition) is 2. The largest absolute Gasteiger partial charge is 0.352 e. The fourth-order valence-electron chi connectivity index (χ4n) is 2.07. The summed E-state index contributed by atoms with van der Waals surface area (Å²) in [5.74, 6) is 0.185. The zero-order chi connectivity index (χ0) is 15.1. The van der Waals surface area contributed by atoms with Crippen molar-refractivity contribution in [2.45, 2.75) is 32.7 Å². The normalized spacial score (nSPS) is 11.6. The van der Waals surface area contributed by atoms with E-state index < -0.39 is 4.92 Å². The van der Waals surface area contributed by atoms with E-state index >= 15 is 0 Å². The molecule has 1 amide bonds. The number of nitrogens with one attached hydrogen (secondary N) is 1. The molecule has 0 radical (unpaired) electrons. The number of carbonyl (C=O) groups excluding carboxylic acids is 1. The maximum absolute atomic E-state index is 11.9. The minimum Gasteiger partial charge on any atom is -0.352 e. The van der Waals surface area contributed by atoms with Crippen molar-refractivity contribution in [3.63, 3.8) is 0 Å². The Balaban J connectivity index is 0.00000400. The van der Waals surface area contributed by atoms with Crippen LogP contribution in [-0.4, -0.2) is 23.4 Å². The van der Waals surface area contributed by atoms with Crippen LogP contribution in [0.15, 0.2) is 24.3 Å². The second-order valence-corrected chi connectivity index (χ2v) is 5.19. The van der Waals surface area contributed by atoms with Crippen molar-refractivity contribution in [2.75, 3.05) is 6.54 Å². The van der Waals surface area contributed by atoms with Gasteiger partial charge >= 0.3 is 0 Å². The molecule has 6 nitrogen and oxygen atoms in total. The number of hydrogen-bond acceptors (Lipinski definition) is 4. The van der Waals surface area contributed by atoms with Crippen molar-refractivity contribution in [1.29, 1.82) is 0 Å². The summed E-state index contributed by atoms with van der Waals surface area (Å²) < 4.78 is 0. The second kappa shape index (κ2) is 9.31. The molecule has 0 aromatic heterocycles. The number of amides is 1. The molecule has 1 rings (SSSR count). The van der Waals surface area contributed by atoms with Crippen LogP contribution >= 0.6 is 12.4 Å². The van der Waals surface area contributed by atoms with Crippen LogP contribution in [0.25, 0.3) is 0 Å². The van der Waals surface area contributed by atoms with E-state index in [0.717, 1.165) is 6.42 Å². The summed E-state index contributed by atoms with van der Waals surface area (Å²) in [7, 11) is 0. The average Bonchev–Trinajstić information content (AvgIpc) is 2.37. The Morgan fingerprint density at radius 1 is 1.38 bits per heavy atom. The van der Waals surface area contributed by atoms with Gasteiger partial charge in [0.2, 0.25) is 5.91 Å². The topological polar surface area (TPSA) is 98.3 Å². The molecule has 0 fully saturated rings. The molecule has 0 heterocycles. The van der Waals surface area contributed by atoms with Crippen LogP contribution in [-0.2, 0) is 11.2 Å². The monoisotopic (exact) mass is 315 g/mol. The lowest BCUT2D eigenvalue weighted by atomic mass is 10.0. The van der Waals surface area contributed by atoms with E-state index in [-0.39, 0.29) is 36.5 Å². The molecule has 1 atom stereocenters. The van der Waals surface area contributed by atoms with Crippen LogP contribution in [0.1, 0.15) is 25.8 Å². The molecule has 3 N–H and O–H groups in total. The SMILES string of the molecule is CC(C)CC(CN)NC(=O)Cc1ccccc1[N+](=O)[O-].Cl. The first kappa shape index (κ1) is 19.3. The molecule has 0 aliphatic rings. The molecule has 21 heavy (non-hydrogen) atoms. The van der Waals surface area contributed by atoms with E-state index in [1.54, 1.807) is 18.2 Å². The highest BCUT2D eigenvalue weighted by molar-refractivity contribution is 5.85. The van der Waals surface area contributed by atoms with Gasteiger partial charge < -0.3 is 11.1 Å². The lowest BCUT2D eigenvalue weighted by Crippen LogP contribution is -2.41. The van der Waals surface area contributed by atoms with E-state index in [1.807, 2.05) is 0 Å².